The van der Waals surface area contributed by atoms with Gasteiger partial charge in [0, 0.05) is 13.0 Å². The zero-order chi connectivity index (χ0) is 7.78. The molecule has 5 nitrogen and oxygen atoms in total. The predicted molar refractivity (Wildman–Crippen MR) is 34.1 cm³/mol. The van der Waals surface area contributed by atoms with Crippen LogP contribution in [0.5, 0.6) is 0 Å². The largest absolute Gasteiger partial charge is 0.301 e. The van der Waals surface area contributed by atoms with E-state index in [1.807, 2.05) is 0 Å². The maximum absolute atomic E-state index is 10.7. The maximum atomic E-state index is 10.7. The van der Waals surface area contributed by atoms with Crippen molar-refractivity contribution in [3.05, 3.63) is 0 Å². The van der Waals surface area contributed by atoms with Crippen LogP contribution in [0.3, 0.4) is 0 Å². The minimum absolute atomic E-state index is 0.234. The van der Waals surface area contributed by atoms with Crippen molar-refractivity contribution in [3.8, 4) is 0 Å². The topological polar surface area (TPSA) is 80.5 Å². The monoisotopic (exact) mass is 164 g/mol. The Morgan fingerprint density at radius 3 is 2.30 bits per heavy atom. The molecule has 0 aromatic carbocycles. The van der Waals surface area contributed by atoms with Crippen LogP contribution in [0.15, 0.2) is 0 Å². The van der Waals surface area contributed by atoms with E-state index in [1.165, 1.54) is 0 Å². The summed E-state index contributed by atoms with van der Waals surface area (Å²) in [5.74, 6) is -0.400. The molecule has 1 heterocycles. The molecule has 1 amide bonds. The minimum Gasteiger partial charge on any atom is -0.274 e. The van der Waals surface area contributed by atoms with Crippen LogP contribution >= 0.6 is 0 Å². The smallest absolute Gasteiger partial charge is 0.274 e. The van der Waals surface area contributed by atoms with Crippen LogP contribution in [0, 0.1) is 0 Å². The zero-order valence-corrected chi connectivity index (χ0v) is 6.10. The summed E-state index contributed by atoms with van der Waals surface area (Å²) >= 11 is 0. The van der Waals surface area contributed by atoms with E-state index in [9.17, 15) is 13.2 Å². The molecule has 0 spiro atoms. The van der Waals surface area contributed by atoms with Gasteiger partial charge in [-0.05, 0) is 6.42 Å². The van der Waals surface area contributed by atoms with Gasteiger partial charge in [0.15, 0.2) is 0 Å². The lowest BCUT2D eigenvalue weighted by Gasteiger charge is -2.10. The van der Waals surface area contributed by atoms with Crippen molar-refractivity contribution in [2.75, 3.05) is 6.54 Å². The molecular formula is C4H8N2O3S. The Kier molecular flexibility index (Phi) is 1.65. The number of nitrogens with zero attached hydrogens (tertiary/aromatic N) is 1. The zero-order valence-electron chi connectivity index (χ0n) is 5.28. The Morgan fingerprint density at radius 1 is 1.50 bits per heavy atom. The van der Waals surface area contributed by atoms with E-state index in [-0.39, 0.29) is 13.0 Å². The maximum Gasteiger partial charge on any atom is 0.301 e. The molecule has 0 aromatic rings. The van der Waals surface area contributed by atoms with E-state index in [0.29, 0.717) is 10.7 Å². The first-order chi connectivity index (χ1) is 4.52. The highest BCUT2D eigenvalue weighted by Gasteiger charge is 2.28. The normalized spacial score (nSPS) is 20.1. The molecule has 1 rings (SSSR count). The lowest BCUT2D eigenvalue weighted by molar-refractivity contribution is -0.123. The molecule has 58 valence electrons. The van der Waals surface area contributed by atoms with Crippen LogP contribution in [-0.2, 0) is 15.0 Å². The first kappa shape index (κ1) is 7.49. The molecule has 0 bridgehead atoms. The van der Waals surface area contributed by atoms with Crippen molar-refractivity contribution >= 4 is 16.1 Å². The molecule has 0 unspecified atom stereocenters. The second-order valence-electron chi connectivity index (χ2n) is 2.11. The highest BCUT2D eigenvalue weighted by Crippen LogP contribution is 2.11. The van der Waals surface area contributed by atoms with Gasteiger partial charge in [-0.3, -0.25) is 4.79 Å². The van der Waals surface area contributed by atoms with Crippen LogP contribution < -0.4 is 5.14 Å². The fourth-order valence-corrected chi connectivity index (χ4v) is 1.65. The molecule has 6 heteroatoms. The molecule has 2 N–H and O–H groups in total. The summed E-state index contributed by atoms with van der Waals surface area (Å²) in [4.78, 5) is 10.7. The fraction of sp³-hybridized carbons (Fsp3) is 0.750. The third kappa shape index (κ3) is 1.27. The Hall–Kier alpha value is -0.620. The van der Waals surface area contributed by atoms with E-state index >= 15 is 0 Å². The highest BCUT2D eigenvalue weighted by atomic mass is 32.2. The van der Waals surface area contributed by atoms with E-state index in [0.717, 1.165) is 0 Å². The molecule has 0 aromatic heterocycles. The van der Waals surface area contributed by atoms with Crippen molar-refractivity contribution < 1.29 is 13.2 Å². The van der Waals surface area contributed by atoms with Crippen molar-refractivity contribution in [2.45, 2.75) is 12.8 Å². The number of rotatable bonds is 1. The van der Waals surface area contributed by atoms with Crippen LogP contribution in [0.4, 0.5) is 0 Å². The Morgan fingerprint density at radius 2 is 2.10 bits per heavy atom. The number of hydrogen-bond donors (Lipinski definition) is 1. The predicted octanol–water partition coefficient (Wildman–Crippen LogP) is -1.19. The minimum atomic E-state index is -3.77. The van der Waals surface area contributed by atoms with Crippen LogP contribution in [0.2, 0.25) is 0 Å². The van der Waals surface area contributed by atoms with Gasteiger partial charge in [0.25, 0.3) is 0 Å². The molecule has 10 heavy (non-hydrogen) atoms. The van der Waals surface area contributed by atoms with Crippen molar-refractivity contribution in [1.29, 1.82) is 0 Å². The quantitative estimate of drug-likeness (QED) is 0.529. The van der Waals surface area contributed by atoms with Gasteiger partial charge in [0.1, 0.15) is 0 Å². The van der Waals surface area contributed by atoms with E-state index in [2.05, 4.69) is 0 Å². The summed E-state index contributed by atoms with van der Waals surface area (Å²) in [6.07, 6.45) is 0.867. The summed E-state index contributed by atoms with van der Waals surface area (Å²) in [5, 5.41) is 4.71. The highest BCUT2D eigenvalue weighted by molar-refractivity contribution is 7.87. The second-order valence-corrected chi connectivity index (χ2v) is 3.59. The lowest BCUT2D eigenvalue weighted by Crippen LogP contribution is -2.37. The number of amides is 1. The van der Waals surface area contributed by atoms with E-state index in [4.69, 9.17) is 5.14 Å². The SMILES string of the molecule is NS(=O)(=O)N1CCCC1=O. The third-order valence-electron chi connectivity index (χ3n) is 1.34. The van der Waals surface area contributed by atoms with Crippen LogP contribution in [0.25, 0.3) is 0 Å². The number of carbonyl (C=O) groups is 1. The standard InChI is InChI=1S/C4H8N2O3S/c5-10(8,9)6-3-1-2-4(6)7/h1-3H2,(H2,5,8,9). The van der Waals surface area contributed by atoms with Gasteiger partial charge in [-0.25, -0.2) is 9.44 Å². The number of nitrogens with two attached hydrogens (primary N) is 1. The summed E-state index contributed by atoms with van der Waals surface area (Å²) in [6, 6.07) is 0. The van der Waals surface area contributed by atoms with Gasteiger partial charge in [0.05, 0.1) is 0 Å². The van der Waals surface area contributed by atoms with Crippen molar-refractivity contribution in [3.63, 3.8) is 0 Å². The molecule has 1 aliphatic heterocycles. The summed E-state index contributed by atoms with van der Waals surface area (Å²) in [5.41, 5.74) is 0. The number of hydrogen-bond acceptors (Lipinski definition) is 3. The first-order valence-corrected chi connectivity index (χ1v) is 4.35. The van der Waals surface area contributed by atoms with E-state index in [1.54, 1.807) is 0 Å². The molecule has 0 aliphatic carbocycles. The van der Waals surface area contributed by atoms with Gasteiger partial charge < -0.3 is 0 Å². The summed E-state index contributed by atoms with van der Waals surface area (Å²) in [7, 11) is -3.77. The van der Waals surface area contributed by atoms with Crippen LogP contribution in [-0.4, -0.2) is 25.2 Å². The van der Waals surface area contributed by atoms with Gasteiger partial charge in [-0.1, -0.05) is 0 Å². The molecule has 1 fully saturated rings. The van der Waals surface area contributed by atoms with Crippen LogP contribution in [0.1, 0.15) is 12.8 Å². The molecule has 1 saturated heterocycles. The Balaban J connectivity index is 2.84. The van der Waals surface area contributed by atoms with Crippen molar-refractivity contribution in [2.24, 2.45) is 5.14 Å². The Bertz CT molecular complexity index is 245. The Labute approximate surface area is 59.0 Å². The fourth-order valence-electron chi connectivity index (χ4n) is 0.892. The third-order valence-corrected chi connectivity index (χ3v) is 2.34. The average molecular weight is 164 g/mol. The molecule has 0 radical (unpaired) electrons. The molecule has 0 atom stereocenters. The molecule has 0 saturated carbocycles. The lowest BCUT2D eigenvalue weighted by atomic mass is 10.4. The molecule has 1 aliphatic rings. The van der Waals surface area contributed by atoms with Gasteiger partial charge in [-0.2, -0.15) is 8.42 Å². The van der Waals surface area contributed by atoms with Gasteiger partial charge in [-0.15, -0.1) is 0 Å². The second kappa shape index (κ2) is 2.21. The average Bonchev–Trinajstić information content (AvgIpc) is 2.11. The summed E-state index contributed by atoms with van der Waals surface area (Å²) < 4.78 is 21.8. The summed E-state index contributed by atoms with van der Waals surface area (Å²) in [6.45, 7) is 0.234. The van der Waals surface area contributed by atoms with Gasteiger partial charge in [0.2, 0.25) is 5.91 Å². The van der Waals surface area contributed by atoms with Gasteiger partial charge >= 0.3 is 10.2 Å². The number of carbonyl (C=O) groups excluding carboxylic acids is 1. The first-order valence-electron chi connectivity index (χ1n) is 2.85. The van der Waals surface area contributed by atoms with E-state index < -0.39 is 16.1 Å². The molecular weight excluding hydrogens is 156 g/mol. The van der Waals surface area contributed by atoms with Crippen molar-refractivity contribution in [1.82, 2.24) is 4.31 Å².